The molecular weight excluding hydrogens is 266 g/mol. The Kier molecular flexibility index (Phi) is 2.80. The zero-order valence-corrected chi connectivity index (χ0v) is 13.2. The molecule has 0 aromatic heterocycles. The SMILES string of the molecule is CC12C=CC=C1C1CCC3CC(F)(F)CCC3(C)C1CC2. The number of hydrogen-bond donors (Lipinski definition) is 0. The average molecular weight is 292 g/mol. The first-order chi connectivity index (χ1) is 9.84. The van der Waals surface area contributed by atoms with Crippen molar-refractivity contribution >= 4 is 0 Å². The van der Waals surface area contributed by atoms with E-state index >= 15 is 0 Å². The number of fused-ring (bicyclic) bond motifs is 5. The highest BCUT2D eigenvalue weighted by molar-refractivity contribution is 5.37. The van der Waals surface area contributed by atoms with Crippen molar-refractivity contribution in [2.45, 2.75) is 64.7 Å². The molecule has 0 aromatic carbocycles. The Hall–Kier alpha value is -0.660. The van der Waals surface area contributed by atoms with Gasteiger partial charge in [0.2, 0.25) is 5.92 Å². The summed E-state index contributed by atoms with van der Waals surface area (Å²) in [7, 11) is 0. The van der Waals surface area contributed by atoms with Crippen LogP contribution in [0.5, 0.6) is 0 Å². The molecule has 5 atom stereocenters. The van der Waals surface area contributed by atoms with Gasteiger partial charge >= 0.3 is 0 Å². The lowest BCUT2D eigenvalue weighted by molar-refractivity contribution is -0.139. The topological polar surface area (TPSA) is 0 Å². The lowest BCUT2D eigenvalue weighted by atomic mass is 9.46. The molecule has 0 aromatic rings. The molecule has 0 heterocycles. The Labute approximate surface area is 126 Å². The minimum absolute atomic E-state index is 0.109. The second-order valence-corrected chi connectivity index (χ2v) is 8.49. The average Bonchev–Trinajstić information content (AvgIpc) is 2.81. The van der Waals surface area contributed by atoms with Crippen molar-refractivity contribution < 1.29 is 8.78 Å². The van der Waals surface area contributed by atoms with Gasteiger partial charge in [-0.25, -0.2) is 8.78 Å². The summed E-state index contributed by atoms with van der Waals surface area (Å²) in [6.07, 6.45) is 12.4. The fraction of sp³-hybridized carbons (Fsp3) is 0.789. The van der Waals surface area contributed by atoms with Crippen LogP contribution in [0, 0.1) is 28.6 Å². The second-order valence-electron chi connectivity index (χ2n) is 8.49. The predicted molar refractivity (Wildman–Crippen MR) is 81.2 cm³/mol. The first-order valence-corrected chi connectivity index (χ1v) is 8.62. The summed E-state index contributed by atoms with van der Waals surface area (Å²) in [5, 5.41) is 0. The van der Waals surface area contributed by atoms with Gasteiger partial charge in [-0.1, -0.05) is 37.6 Å². The van der Waals surface area contributed by atoms with Crippen LogP contribution in [-0.2, 0) is 0 Å². The minimum atomic E-state index is -2.41. The molecule has 4 aliphatic carbocycles. The molecule has 0 radical (unpaired) electrons. The van der Waals surface area contributed by atoms with Crippen LogP contribution in [0.4, 0.5) is 8.78 Å². The number of rotatable bonds is 0. The second kappa shape index (κ2) is 4.20. The normalized spacial score (nSPS) is 50.9. The third-order valence-corrected chi connectivity index (χ3v) is 7.44. The molecule has 4 aliphatic rings. The van der Waals surface area contributed by atoms with Crippen molar-refractivity contribution in [1.29, 1.82) is 0 Å². The minimum Gasteiger partial charge on any atom is -0.207 e. The molecule has 0 nitrogen and oxygen atoms in total. The van der Waals surface area contributed by atoms with Crippen LogP contribution in [0.1, 0.15) is 58.8 Å². The van der Waals surface area contributed by atoms with E-state index in [-0.39, 0.29) is 29.6 Å². The van der Waals surface area contributed by atoms with Crippen LogP contribution in [0.2, 0.25) is 0 Å². The molecule has 3 fully saturated rings. The molecule has 0 bridgehead atoms. The highest BCUT2D eigenvalue weighted by Crippen LogP contribution is 2.65. The first-order valence-electron chi connectivity index (χ1n) is 8.62. The summed E-state index contributed by atoms with van der Waals surface area (Å²) in [6.45, 7) is 4.69. The van der Waals surface area contributed by atoms with E-state index in [9.17, 15) is 8.78 Å². The van der Waals surface area contributed by atoms with Crippen LogP contribution in [-0.4, -0.2) is 5.92 Å². The highest BCUT2D eigenvalue weighted by Gasteiger charge is 2.57. The van der Waals surface area contributed by atoms with Gasteiger partial charge < -0.3 is 0 Å². The maximum atomic E-state index is 13.8. The van der Waals surface area contributed by atoms with Crippen molar-refractivity contribution in [1.82, 2.24) is 0 Å². The number of allylic oxidation sites excluding steroid dienone is 4. The quantitative estimate of drug-likeness (QED) is 0.533. The van der Waals surface area contributed by atoms with Crippen molar-refractivity contribution in [3.63, 3.8) is 0 Å². The molecule has 4 rings (SSSR count). The monoisotopic (exact) mass is 292 g/mol. The molecule has 116 valence electrons. The van der Waals surface area contributed by atoms with E-state index in [4.69, 9.17) is 0 Å². The van der Waals surface area contributed by atoms with Crippen molar-refractivity contribution in [3.05, 3.63) is 23.8 Å². The fourth-order valence-electron chi connectivity index (χ4n) is 6.10. The number of halogens is 2. The fourth-order valence-corrected chi connectivity index (χ4v) is 6.10. The Morgan fingerprint density at radius 3 is 2.67 bits per heavy atom. The Morgan fingerprint density at radius 1 is 1.05 bits per heavy atom. The third-order valence-electron chi connectivity index (χ3n) is 7.44. The van der Waals surface area contributed by atoms with E-state index in [1.807, 2.05) is 0 Å². The Balaban J connectivity index is 1.65. The van der Waals surface area contributed by atoms with Crippen LogP contribution in [0.15, 0.2) is 23.8 Å². The van der Waals surface area contributed by atoms with Crippen LogP contribution >= 0.6 is 0 Å². The Morgan fingerprint density at radius 2 is 1.86 bits per heavy atom. The molecule has 2 heteroatoms. The molecule has 0 aliphatic heterocycles. The zero-order valence-electron chi connectivity index (χ0n) is 13.2. The van der Waals surface area contributed by atoms with Gasteiger partial charge in [-0.15, -0.1) is 0 Å². The largest absolute Gasteiger partial charge is 0.248 e. The van der Waals surface area contributed by atoms with Crippen molar-refractivity contribution in [2.75, 3.05) is 0 Å². The molecule has 3 saturated carbocycles. The van der Waals surface area contributed by atoms with Gasteiger partial charge in [-0.3, -0.25) is 0 Å². The molecule has 21 heavy (non-hydrogen) atoms. The van der Waals surface area contributed by atoms with Gasteiger partial charge in [0.15, 0.2) is 0 Å². The summed E-state index contributed by atoms with van der Waals surface area (Å²) < 4.78 is 27.6. The zero-order chi connectivity index (χ0) is 14.9. The van der Waals surface area contributed by atoms with E-state index in [0.29, 0.717) is 11.8 Å². The van der Waals surface area contributed by atoms with Gasteiger partial charge in [0.1, 0.15) is 0 Å². The van der Waals surface area contributed by atoms with Crippen LogP contribution in [0.25, 0.3) is 0 Å². The third kappa shape index (κ3) is 1.90. The molecule has 0 N–H and O–H groups in total. The van der Waals surface area contributed by atoms with Crippen molar-refractivity contribution in [3.8, 4) is 0 Å². The first kappa shape index (κ1) is 14.0. The van der Waals surface area contributed by atoms with E-state index < -0.39 is 5.92 Å². The lowest BCUT2D eigenvalue weighted by Gasteiger charge is -2.59. The molecule has 0 saturated heterocycles. The van der Waals surface area contributed by atoms with Gasteiger partial charge in [0, 0.05) is 18.3 Å². The van der Waals surface area contributed by atoms with Gasteiger partial charge in [-0.2, -0.15) is 0 Å². The highest BCUT2D eigenvalue weighted by atomic mass is 19.3. The number of alkyl halides is 2. The summed E-state index contributed by atoms with van der Waals surface area (Å²) >= 11 is 0. The summed E-state index contributed by atoms with van der Waals surface area (Å²) in [5.41, 5.74) is 2.02. The summed E-state index contributed by atoms with van der Waals surface area (Å²) in [4.78, 5) is 0. The van der Waals surface area contributed by atoms with Crippen LogP contribution < -0.4 is 0 Å². The van der Waals surface area contributed by atoms with Gasteiger partial charge in [-0.05, 0) is 55.3 Å². The summed E-state index contributed by atoms with van der Waals surface area (Å²) in [6, 6.07) is 0. The van der Waals surface area contributed by atoms with Gasteiger partial charge in [0.05, 0.1) is 0 Å². The maximum absolute atomic E-state index is 13.8. The standard InChI is InChI=1S/C19H26F2/c1-17-8-3-4-15(17)14-6-5-13-12-19(20,21)11-10-18(13,2)16(14)7-9-17/h3-4,8,13-14,16H,5-7,9-12H2,1-2H3. The van der Waals surface area contributed by atoms with Gasteiger partial charge in [0.25, 0.3) is 0 Å². The molecule has 0 amide bonds. The number of hydrogen-bond acceptors (Lipinski definition) is 0. The molecule has 0 spiro atoms. The van der Waals surface area contributed by atoms with E-state index in [0.717, 1.165) is 19.3 Å². The van der Waals surface area contributed by atoms with E-state index in [1.54, 1.807) is 5.57 Å². The smallest absolute Gasteiger partial charge is 0.207 e. The predicted octanol–water partition coefficient (Wildman–Crippen LogP) is 5.75. The molecular formula is C19H26F2. The van der Waals surface area contributed by atoms with Crippen molar-refractivity contribution in [2.24, 2.45) is 28.6 Å². The molecule has 5 unspecified atom stereocenters. The lowest BCUT2D eigenvalue weighted by Crippen LogP contribution is -2.52. The maximum Gasteiger partial charge on any atom is 0.248 e. The van der Waals surface area contributed by atoms with Crippen LogP contribution in [0.3, 0.4) is 0 Å². The van der Waals surface area contributed by atoms with E-state index in [2.05, 4.69) is 32.1 Å². The van der Waals surface area contributed by atoms with E-state index in [1.165, 1.54) is 12.8 Å². The Bertz CT molecular complexity index is 518. The summed E-state index contributed by atoms with van der Waals surface area (Å²) in [5.74, 6) is -0.894.